The van der Waals surface area contributed by atoms with Gasteiger partial charge in [0.25, 0.3) is 0 Å². The number of hydrogen-bond acceptors (Lipinski definition) is 3. The van der Waals surface area contributed by atoms with Crippen LogP contribution < -0.4 is 5.32 Å². The molecule has 0 spiro atoms. The van der Waals surface area contributed by atoms with Crippen LogP contribution in [0.1, 0.15) is 33.1 Å². The number of nitrogens with zero attached hydrogens (tertiary/aromatic N) is 2. The monoisotopic (exact) mass is 317 g/mol. The van der Waals surface area contributed by atoms with Crippen molar-refractivity contribution in [1.29, 1.82) is 0 Å². The first kappa shape index (κ1) is 20.0. The smallest absolute Gasteiger partial charge is 0.193 e. The van der Waals surface area contributed by atoms with Crippen molar-refractivity contribution in [3.8, 4) is 0 Å². The SMILES string of the molecule is C=CCCCN(C)C(=NC)NCC(C)(C)CCS(C)(=O)=O. The summed E-state index contributed by atoms with van der Waals surface area (Å²) >= 11 is 0. The normalized spacial score (nSPS) is 13.1. The zero-order chi connectivity index (χ0) is 16.5. The molecule has 0 saturated heterocycles. The zero-order valence-corrected chi connectivity index (χ0v) is 15.0. The van der Waals surface area contributed by atoms with Crippen molar-refractivity contribution < 1.29 is 8.42 Å². The van der Waals surface area contributed by atoms with E-state index in [2.05, 4.69) is 35.6 Å². The van der Waals surface area contributed by atoms with Crippen LogP contribution >= 0.6 is 0 Å². The molecule has 0 saturated carbocycles. The van der Waals surface area contributed by atoms with Crippen molar-refractivity contribution in [2.75, 3.05) is 39.2 Å². The van der Waals surface area contributed by atoms with Crippen molar-refractivity contribution >= 4 is 15.8 Å². The van der Waals surface area contributed by atoms with Crippen LogP contribution in [0.25, 0.3) is 0 Å². The molecule has 21 heavy (non-hydrogen) atoms. The third-order valence-electron chi connectivity index (χ3n) is 3.35. The molecule has 0 atom stereocenters. The van der Waals surface area contributed by atoms with Crippen LogP contribution in [0, 0.1) is 5.41 Å². The number of hydrogen-bond donors (Lipinski definition) is 1. The summed E-state index contributed by atoms with van der Waals surface area (Å²) in [6, 6.07) is 0. The summed E-state index contributed by atoms with van der Waals surface area (Å²) in [5.41, 5.74) is -0.0963. The van der Waals surface area contributed by atoms with E-state index >= 15 is 0 Å². The van der Waals surface area contributed by atoms with Gasteiger partial charge in [-0.05, 0) is 24.7 Å². The van der Waals surface area contributed by atoms with Crippen molar-refractivity contribution in [1.82, 2.24) is 10.2 Å². The van der Waals surface area contributed by atoms with Crippen LogP contribution in [0.4, 0.5) is 0 Å². The summed E-state index contributed by atoms with van der Waals surface area (Å²) in [6.07, 6.45) is 5.86. The Morgan fingerprint density at radius 2 is 2.05 bits per heavy atom. The fourth-order valence-electron chi connectivity index (χ4n) is 1.83. The number of unbranched alkanes of at least 4 members (excludes halogenated alkanes) is 1. The van der Waals surface area contributed by atoms with E-state index in [1.165, 1.54) is 6.26 Å². The Labute approximate surface area is 130 Å². The van der Waals surface area contributed by atoms with Gasteiger partial charge in [0.2, 0.25) is 0 Å². The van der Waals surface area contributed by atoms with Gasteiger partial charge in [0.1, 0.15) is 9.84 Å². The van der Waals surface area contributed by atoms with Crippen molar-refractivity contribution in [3.63, 3.8) is 0 Å². The first-order valence-corrected chi connectivity index (χ1v) is 9.38. The van der Waals surface area contributed by atoms with Crippen LogP contribution in [0.15, 0.2) is 17.6 Å². The lowest BCUT2D eigenvalue weighted by atomic mass is 9.90. The maximum atomic E-state index is 11.3. The molecule has 0 aromatic carbocycles. The summed E-state index contributed by atoms with van der Waals surface area (Å²) in [7, 11) is 0.851. The number of aliphatic imine (C=N–C) groups is 1. The lowest BCUT2D eigenvalue weighted by molar-refractivity contribution is 0.340. The highest BCUT2D eigenvalue weighted by Crippen LogP contribution is 2.19. The standard InChI is InChI=1S/C15H31N3O2S/c1-7-8-9-11-18(5)14(16-4)17-13-15(2,3)10-12-21(6,19)20/h7H,1,8-13H2,2-6H3,(H,16,17). The molecule has 0 unspecified atom stereocenters. The lowest BCUT2D eigenvalue weighted by Crippen LogP contribution is -2.43. The predicted molar refractivity (Wildman–Crippen MR) is 91.5 cm³/mol. The second-order valence-electron chi connectivity index (χ2n) is 6.30. The van der Waals surface area contributed by atoms with E-state index in [0.29, 0.717) is 13.0 Å². The average molecular weight is 317 g/mol. The fourth-order valence-corrected chi connectivity index (χ4v) is 2.76. The molecule has 0 amide bonds. The molecule has 0 aliphatic rings. The minimum Gasteiger partial charge on any atom is -0.356 e. The van der Waals surface area contributed by atoms with E-state index in [4.69, 9.17) is 0 Å². The van der Waals surface area contributed by atoms with Crippen LogP contribution in [-0.2, 0) is 9.84 Å². The Morgan fingerprint density at radius 3 is 2.52 bits per heavy atom. The minimum atomic E-state index is -2.91. The first-order chi connectivity index (χ1) is 9.61. The Kier molecular flexibility index (Phi) is 8.63. The van der Waals surface area contributed by atoms with Gasteiger partial charge in [0, 0.05) is 33.4 Å². The Morgan fingerprint density at radius 1 is 1.43 bits per heavy atom. The Bertz CT molecular complexity index is 442. The van der Waals surface area contributed by atoms with E-state index < -0.39 is 9.84 Å². The van der Waals surface area contributed by atoms with Gasteiger partial charge in [-0.1, -0.05) is 19.9 Å². The van der Waals surface area contributed by atoms with Gasteiger partial charge in [0.15, 0.2) is 5.96 Å². The topological polar surface area (TPSA) is 61.8 Å². The van der Waals surface area contributed by atoms with E-state index in [1.807, 2.05) is 13.1 Å². The first-order valence-electron chi connectivity index (χ1n) is 7.32. The Hall–Kier alpha value is -1.04. The summed E-state index contributed by atoms with van der Waals surface area (Å²) in [5, 5.41) is 3.33. The largest absolute Gasteiger partial charge is 0.356 e. The molecule has 6 heteroatoms. The number of guanidine groups is 1. The number of allylic oxidation sites excluding steroid dienone is 1. The molecule has 0 aliphatic heterocycles. The Balaban J connectivity index is 4.34. The second kappa shape index (κ2) is 9.07. The molecule has 0 bridgehead atoms. The van der Waals surface area contributed by atoms with E-state index in [1.54, 1.807) is 7.05 Å². The van der Waals surface area contributed by atoms with Gasteiger partial charge in [-0.25, -0.2) is 8.42 Å². The van der Waals surface area contributed by atoms with Crippen molar-refractivity contribution in [2.24, 2.45) is 10.4 Å². The van der Waals surface area contributed by atoms with Crippen LogP contribution in [0.3, 0.4) is 0 Å². The predicted octanol–water partition coefficient (Wildman–Crippen LogP) is 1.92. The van der Waals surface area contributed by atoms with Gasteiger partial charge in [-0.3, -0.25) is 4.99 Å². The fraction of sp³-hybridized carbons (Fsp3) is 0.800. The van der Waals surface area contributed by atoms with Crippen LogP contribution in [-0.4, -0.2) is 58.5 Å². The molecule has 0 rings (SSSR count). The highest BCUT2D eigenvalue weighted by molar-refractivity contribution is 7.90. The molecule has 0 aliphatic carbocycles. The molecule has 0 radical (unpaired) electrons. The minimum absolute atomic E-state index is 0.0963. The summed E-state index contributed by atoms with van der Waals surface area (Å²) < 4.78 is 22.5. The maximum Gasteiger partial charge on any atom is 0.193 e. The number of nitrogens with one attached hydrogen (secondary N) is 1. The third-order valence-corrected chi connectivity index (χ3v) is 4.30. The molecule has 0 aromatic heterocycles. The van der Waals surface area contributed by atoms with Gasteiger partial charge in [-0.15, -0.1) is 6.58 Å². The number of sulfone groups is 1. The van der Waals surface area contributed by atoms with Gasteiger partial charge >= 0.3 is 0 Å². The molecule has 124 valence electrons. The van der Waals surface area contributed by atoms with Gasteiger partial charge in [0.05, 0.1) is 5.75 Å². The molecular formula is C15H31N3O2S. The summed E-state index contributed by atoms with van der Waals surface area (Å²) in [4.78, 5) is 6.35. The van der Waals surface area contributed by atoms with Gasteiger partial charge in [-0.2, -0.15) is 0 Å². The molecule has 5 nitrogen and oxygen atoms in total. The van der Waals surface area contributed by atoms with Crippen LogP contribution in [0.2, 0.25) is 0 Å². The summed E-state index contributed by atoms with van der Waals surface area (Å²) in [6.45, 7) is 9.46. The highest BCUT2D eigenvalue weighted by Gasteiger charge is 2.21. The molecule has 0 fully saturated rings. The average Bonchev–Trinajstić information content (AvgIpc) is 2.37. The van der Waals surface area contributed by atoms with E-state index in [0.717, 1.165) is 25.3 Å². The number of rotatable bonds is 9. The molecule has 0 heterocycles. The quantitative estimate of drug-likeness (QED) is 0.305. The molecule has 1 N–H and O–H groups in total. The van der Waals surface area contributed by atoms with Gasteiger partial charge < -0.3 is 10.2 Å². The molecular weight excluding hydrogens is 286 g/mol. The highest BCUT2D eigenvalue weighted by atomic mass is 32.2. The summed E-state index contributed by atoms with van der Waals surface area (Å²) in [5.74, 6) is 1.06. The second-order valence-corrected chi connectivity index (χ2v) is 8.56. The van der Waals surface area contributed by atoms with E-state index in [-0.39, 0.29) is 11.2 Å². The van der Waals surface area contributed by atoms with Crippen molar-refractivity contribution in [3.05, 3.63) is 12.7 Å². The zero-order valence-electron chi connectivity index (χ0n) is 14.1. The van der Waals surface area contributed by atoms with Crippen LogP contribution in [0.5, 0.6) is 0 Å². The molecule has 0 aromatic rings. The van der Waals surface area contributed by atoms with Crippen molar-refractivity contribution in [2.45, 2.75) is 33.1 Å². The van der Waals surface area contributed by atoms with E-state index in [9.17, 15) is 8.42 Å². The third kappa shape index (κ3) is 10.3. The lowest BCUT2D eigenvalue weighted by Gasteiger charge is -2.28. The maximum absolute atomic E-state index is 11.3.